The Balaban J connectivity index is 1.99. The first-order valence-electron chi connectivity index (χ1n) is 8.63. The number of carbonyl (C=O) groups excluding carboxylic acids is 1. The molecule has 1 fully saturated rings. The number of Topliss-reactive ketones (excluding diaryl/α,β-unsaturated/α-hetero) is 1. The molecule has 128 valence electrons. The summed E-state index contributed by atoms with van der Waals surface area (Å²) in [5.74, 6) is 0.0762. The predicted octanol–water partition coefficient (Wildman–Crippen LogP) is 4.23. The number of piperidine rings is 1. The van der Waals surface area contributed by atoms with Gasteiger partial charge >= 0.3 is 0 Å². The molecule has 4 heteroatoms. The monoisotopic (exact) mass is 334 g/mol. The number of ketones is 1. The summed E-state index contributed by atoms with van der Waals surface area (Å²) in [6.45, 7) is 2.28. The van der Waals surface area contributed by atoms with E-state index in [0.29, 0.717) is 19.4 Å². The van der Waals surface area contributed by atoms with Crippen LogP contribution >= 0.6 is 0 Å². The highest BCUT2D eigenvalue weighted by Gasteiger charge is 2.42. The van der Waals surface area contributed by atoms with Crippen molar-refractivity contribution in [3.8, 4) is 6.07 Å². The molecule has 2 aromatic carbocycles. The van der Waals surface area contributed by atoms with Crippen LogP contribution in [0.3, 0.4) is 0 Å². The second-order valence-corrected chi connectivity index (χ2v) is 6.34. The normalized spacial score (nSPS) is 24.0. The van der Waals surface area contributed by atoms with Crippen molar-refractivity contribution in [2.24, 2.45) is 5.92 Å². The van der Waals surface area contributed by atoms with E-state index in [1.807, 2.05) is 72.7 Å². The lowest BCUT2D eigenvalue weighted by Gasteiger charge is -2.43. The molecule has 4 nitrogen and oxygen atoms in total. The Bertz CT molecular complexity index is 739. The first-order chi connectivity index (χ1) is 12.2. The van der Waals surface area contributed by atoms with Gasteiger partial charge in [0.15, 0.2) is 0 Å². The van der Waals surface area contributed by atoms with Crippen molar-refractivity contribution in [3.05, 3.63) is 71.8 Å². The van der Waals surface area contributed by atoms with Gasteiger partial charge < -0.3 is 0 Å². The Morgan fingerprint density at radius 2 is 1.68 bits per heavy atom. The van der Waals surface area contributed by atoms with Crippen LogP contribution in [0.15, 0.2) is 60.7 Å². The number of nitrogens with zero attached hydrogens (tertiary/aromatic N) is 2. The van der Waals surface area contributed by atoms with E-state index < -0.39 is 0 Å². The molecule has 1 aliphatic rings. The standard InChI is InChI=1S/C21H22N2O2/c1-16-20(24)15-19(17-9-4-2-5-10-17)23(25-14-8-13-22)21(16)18-11-6-3-7-12-18/h2-7,9-12,16,19,21H,8,14-15H2,1H3. The van der Waals surface area contributed by atoms with Gasteiger partial charge in [0, 0.05) is 12.3 Å². The number of nitriles is 1. The van der Waals surface area contributed by atoms with E-state index >= 15 is 0 Å². The van der Waals surface area contributed by atoms with Gasteiger partial charge in [-0.1, -0.05) is 67.6 Å². The van der Waals surface area contributed by atoms with Crippen molar-refractivity contribution in [1.82, 2.24) is 5.06 Å². The third-order valence-electron chi connectivity index (χ3n) is 4.74. The van der Waals surface area contributed by atoms with Gasteiger partial charge in [0.1, 0.15) is 5.78 Å². The lowest BCUT2D eigenvalue weighted by atomic mass is 9.81. The van der Waals surface area contributed by atoms with Gasteiger partial charge in [-0.25, -0.2) is 0 Å². The maximum absolute atomic E-state index is 12.7. The van der Waals surface area contributed by atoms with Gasteiger partial charge in [-0.2, -0.15) is 10.3 Å². The fourth-order valence-corrected chi connectivity index (χ4v) is 3.45. The number of rotatable bonds is 5. The number of carbonyl (C=O) groups is 1. The third-order valence-corrected chi connectivity index (χ3v) is 4.74. The quantitative estimate of drug-likeness (QED) is 0.768. The minimum atomic E-state index is -0.163. The van der Waals surface area contributed by atoms with E-state index in [0.717, 1.165) is 11.1 Å². The van der Waals surface area contributed by atoms with Crippen LogP contribution in [0.2, 0.25) is 0 Å². The van der Waals surface area contributed by atoms with Crippen LogP contribution in [0.1, 0.15) is 43.0 Å². The highest BCUT2D eigenvalue weighted by atomic mass is 16.7. The van der Waals surface area contributed by atoms with E-state index in [1.54, 1.807) is 0 Å². The topological polar surface area (TPSA) is 53.3 Å². The Morgan fingerprint density at radius 3 is 2.28 bits per heavy atom. The van der Waals surface area contributed by atoms with Crippen LogP contribution in [0, 0.1) is 17.2 Å². The van der Waals surface area contributed by atoms with Crippen molar-refractivity contribution in [1.29, 1.82) is 5.26 Å². The number of hydrogen-bond acceptors (Lipinski definition) is 4. The molecule has 2 aromatic rings. The van der Waals surface area contributed by atoms with E-state index in [-0.39, 0.29) is 23.8 Å². The van der Waals surface area contributed by atoms with Crippen molar-refractivity contribution in [3.63, 3.8) is 0 Å². The Morgan fingerprint density at radius 1 is 1.08 bits per heavy atom. The predicted molar refractivity (Wildman–Crippen MR) is 95.2 cm³/mol. The SMILES string of the molecule is CC1C(=O)CC(c2ccccc2)N(OCCC#N)C1c1ccccc1. The summed E-state index contributed by atoms with van der Waals surface area (Å²) >= 11 is 0. The van der Waals surface area contributed by atoms with Gasteiger partial charge in [0.2, 0.25) is 0 Å². The van der Waals surface area contributed by atoms with Crippen LogP contribution in [-0.4, -0.2) is 17.5 Å². The molecule has 0 radical (unpaired) electrons. The average molecular weight is 334 g/mol. The number of hydrogen-bond donors (Lipinski definition) is 0. The van der Waals surface area contributed by atoms with E-state index in [2.05, 4.69) is 6.07 Å². The van der Waals surface area contributed by atoms with Gasteiger partial charge in [0.05, 0.1) is 31.2 Å². The van der Waals surface area contributed by atoms with Crippen molar-refractivity contribution >= 4 is 5.78 Å². The zero-order chi connectivity index (χ0) is 17.6. The molecule has 3 atom stereocenters. The van der Waals surface area contributed by atoms with Crippen LogP contribution in [0.4, 0.5) is 0 Å². The molecular formula is C21H22N2O2. The second kappa shape index (κ2) is 8.06. The smallest absolute Gasteiger partial charge is 0.139 e. The first kappa shape index (κ1) is 17.3. The summed E-state index contributed by atoms with van der Waals surface area (Å²) in [5.41, 5.74) is 2.11. The Kier molecular flexibility index (Phi) is 5.60. The lowest BCUT2D eigenvalue weighted by molar-refractivity contribution is -0.236. The zero-order valence-electron chi connectivity index (χ0n) is 14.3. The van der Waals surface area contributed by atoms with Crippen molar-refractivity contribution in [2.75, 3.05) is 6.61 Å². The molecule has 3 unspecified atom stereocenters. The highest BCUT2D eigenvalue weighted by Crippen LogP contribution is 2.43. The largest absolute Gasteiger partial charge is 0.299 e. The van der Waals surface area contributed by atoms with E-state index in [1.165, 1.54) is 0 Å². The summed E-state index contributed by atoms with van der Waals surface area (Å²) in [5, 5.41) is 10.8. The number of hydroxylamine groups is 2. The maximum Gasteiger partial charge on any atom is 0.139 e. The minimum absolute atomic E-state index is 0.145. The third kappa shape index (κ3) is 3.79. The summed E-state index contributed by atoms with van der Waals surface area (Å²) in [6, 6.07) is 21.8. The molecule has 0 spiro atoms. The molecule has 0 N–H and O–H groups in total. The lowest BCUT2D eigenvalue weighted by Crippen LogP contribution is -2.44. The molecule has 1 aliphatic heterocycles. The summed E-state index contributed by atoms with van der Waals surface area (Å²) in [6.07, 6.45) is 0.739. The molecular weight excluding hydrogens is 312 g/mol. The molecule has 0 aromatic heterocycles. The van der Waals surface area contributed by atoms with Gasteiger partial charge in [-0.15, -0.1) is 0 Å². The zero-order valence-corrected chi connectivity index (χ0v) is 14.3. The minimum Gasteiger partial charge on any atom is -0.299 e. The molecule has 1 saturated heterocycles. The van der Waals surface area contributed by atoms with Crippen molar-refractivity contribution in [2.45, 2.75) is 31.8 Å². The van der Waals surface area contributed by atoms with E-state index in [4.69, 9.17) is 10.1 Å². The fourth-order valence-electron chi connectivity index (χ4n) is 3.45. The van der Waals surface area contributed by atoms with Crippen molar-refractivity contribution < 1.29 is 9.63 Å². The molecule has 3 rings (SSSR count). The molecule has 0 aliphatic carbocycles. The molecule has 1 heterocycles. The average Bonchev–Trinajstić information content (AvgIpc) is 2.66. The Labute approximate surface area is 148 Å². The summed E-state index contributed by atoms with van der Waals surface area (Å²) in [7, 11) is 0. The first-order valence-corrected chi connectivity index (χ1v) is 8.63. The van der Waals surface area contributed by atoms with Crippen LogP contribution in [0.25, 0.3) is 0 Å². The van der Waals surface area contributed by atoms with Crippen LogP contribution < -0.4 is 0 Å². The van der Waals surface area contributed by atoms with E-state index in [9.17, 15) is 4.79 Å². The van der Waals surface area contributed by atoms with Crippen LogP contribution in [0.5, 0.6) is 0 Å². The van der Waals surface area contributed by atoms with Gasteiger partial charge in [0.25, 0.3) is 0 Å². The number of benzene rings is 2. The summed E-state index contributed by atoms with van der Waals surface area (Å²) < 4.78 is 0. The second-order valence-electron chi connectivity index (χ2n) is 6.34. The molecule has 0 saturated carbocycles. The van der Waals surface area contributed by atoms with Crippen LogP contribution in [-0.2, 0) is 9.63 Å². The fraction of sp³-hybridized carbons (Fsp3) is 0.333. The Hall–Kier alpha value is -2.48. The maximum atomic E-state index is 12.7. The molecule has 0 amide bonds. The summed E-state index contributed by atoms with van der Waals surface area (Å²) in [4.78, 5) is 18.7. The molecule has 0 bridgehead atoms. The highest BCUT2D eigenvalue weighted by molar-refractivity contribution is 5.83. The molecule has 25 heavy (non-hydrogen) atoms. The van der Waals surface area contributed by atoms with Gasteiger partial charge in [-0.3, -0.25) is 9.63 Å². The van der Waals surface area contributed by atoms with Gasteiger partial charge in [-0.05, 0) is 11.1 Å².